The van der Waals surface area contributed by atoms with Crippen LogP contribution in [0.25, 0.3) is 21.8 Å². The van der Waals surface area contributed by atoms with Crippen LogP contribution in [0.15, 0.2) is 24.3 Å². The van der Waals surface area contributed by atoms with E-state index in [0.717, 1.165) is 75.5 Å². The molecule has 0 saturated heterocycles. The third kappa shape index (κ3) is 4.24. The molecule has 0 fully saturated rings. The standard InChI is InChI=1S/C16H17NO3.C15H13NO3/c1-9-10-5-4-6-13(18)16(10)17-12-8-15(20-3)14(19-2)7-11(9)12;1-8-9-3-2-4-12(17)15(9)16-11-6-14-13(5-10(8)11)18-7-19-14/h7-8H,4-6H2,1-3H3;5-6H,2-4,7H2,1H3. The molecule has 0 unspecified atom stereocenters. The first-order valence-electron chi connectivity index (χ1n) is 13.2. The molecule has 3 aliphatic rings. The van der Waals surface area contributed by atoms with Crippen molar-refractivity contribution < 1.29 is 28.5 Å². The van der Waals surface area contributed by atoms with Crippen LogP contribution in [-0.4, -0.2) is 42.5 Å². The Hall–Kier alpha value is -4.20. The fourth-order valence-corrected chi connectivity index (χ4v) is 5.80. The lowest BCUT2D eigenvalue weighted by molar-refractivity contribution is 0.0959. The summed E-state index contributed by atoms with van der Waals surface area (Å²) in [5, 5.41) is 2.08. The lowest BCUT2D eigenvalue weighted by Crippen LogP contribution is -2.15. The predicted octanol–water partition coefficient (Wildman–Crippen LogP) is 5.87. The van der Waals surface area contributed by atoms with E-state index in [4.69, 9.17) is 18.9 Å². The molecule has 2 aromatic heterocycles. The number of Topliss-reactive ketones (excluding diaryl/α,β-unsaturated/α-hetero) is 2. The number of carbonyl (C=O) groups excluding carboxylic acids is 2. The number of aryl methyl sites for hydroxylation is 2. The van der Waals surface area contributed by atoms with Gasteiger partial charge in [0.2, 0.25) is 6.79 Å². The molecule has 0 spiro atoms. The predicted molar refractivity (Wildman–Crippen MR) is 147 cm³/mol. The molecule has 3 heterocycles. The minimum atomic E-state index is 0.144. The van der Waals surface area contributed by atoms with Crippen LogP contribution in [0.1, 0.15) is 68.9 Å². The highest BCUT2D eigenvalue weighted by Crippen LogP contribution is 2.39. The smallest absolute Gasteiger partial charge is 0.231 e. The van der Waals surface area contributed by atoms with Crippen molar-refractivity contribution in [3.05, 3.63) is 57.9 Å². The summed E-state index contributed by atoms with van der Waals surface area (Å²) in [6.45, 7) is 4.36. The molecule has 39 heavy (non-hydrogen) atoms. The van der Waals surface area contributed by atoms with E-state index in [2.05, 4.69) is 16.9 Å². The van der Waals surface area contributed by atoms with Gasteiger partial charge in [0.1, 0.15) is 11.4 Å². The van der Waals surface area contributed by atoms with Crippen LogP contribution in [0.3, 0.4) is 0 Å². The van der Waals surface area contributed by atoms with Crippen molar-refractivity contribution in [3.63, 3.8) is 0 Å². The topological polar surface area (TPSA) is 96.8 Å². The molecule has 1 aliphatic heterocycles. The van der Waals surface area contributed by atoms with E-state index in [1.165, 1.54) is 0 Å². The van der Waals surface area contributed by atoms with Crippen LogP contribution in [0.2, 0.25) is 0 Å². The second kappa shape index (κ2) is 9.84. The fourth-order valence-electron chi connectivity index (χ4n) is 5.80. The number of fused-ring (bicyclic) bond motifs is 5. The Morgan fingerprint density at radius 3 is 1.72 bits per heavy atom. The van der Waals surface area contributed by atoms with Gasteiger partial charge in [-0.1, -0.05) is 0 Å². The van der Waals surface area contributed by atoms with Crippen LogP contribution in [0.5, 0.6) is 23.0 Å². The molecule has 8 heteroatoms. The molecule has 0 atom stereocenters. The summed E-state index contributed by atoms with van der Waals surface area (Å²) in [7, 11) is 3.22. The summed E-state index contributed by atoms with van der Waals surface area (Å²) in [5.74, 6) is 3.10. The highest BCUT2D eigenvalue weighted by Gasteiger charge is 2.25. The number of ether oxygens (including phenoxy) is 4. The Labute approximate surface area is 226 Å². The Bertz CT molecular complexity index is 1680. The zero-order valence-corrected chi connectivity index (χ0v) is 22.6. The number of methoxy groups -OCH3 is 2. The molecule has 0 radical (unpaired) electrons. The number of hydrogen-bond donors (Lipinski definition) is 0. The summed E-state index contributed by atoms with van der Waals surface area (Å²) in [5.41, 5.74) is 7.34. The molecule has 2 aliphatic carbocycles. The van der Waals surface area contributed by atoms with E-state index in [-0.39, 0.29) is 18.4 Å². The molecule has 7 rings (SSSR count). The summed E-state index contributed by atoms with van der Waals surface area (Å²) in [6.07, 6.45) is 4.89. The molecule has 8 nitrogen and oxygen atoms in total. The molecule has 4 aromatic rings. The molecular formula is C31H30N2O6. The number of nitrogens with zero attached hydrogens (tertiary/aromatic N) is 2. The highest BCUT2D eigenvalue weighted by molar-refractivity contribution is 6.01. The first kappa shape index (κ1) is 25.1. The fraction of sp³-hybridized carbons (Fsp3) is 0.355. The molecule has 0 N–H and O–H groups in total. The molecule has 0 bridgehead atoms. The van der Waals surface area contributed by atoms with Gasteiger partial charge in [0.05, 0.1) is 25.3 Å². The summed E-state index contributed by atoms with van der Waals surface area (Å²) in [6, 6.07) is 7.62. The van der Waals surface area contributed by atoms with E-state index in [0.29, 0.717) is 41.5 Å². The molecule has 200 valence electrons. The highest BCUT2D eigenvalue weighted by atomic mass is 16.7. The monoisotopic (exact) mass is 526 g/mol. The van der Waals surface area contributed by atoms with Crippen molar-refractivity contribution in [2.45, 2.75) is 52.4 Å². The maximum Gasteiger partial charge on any atom is 0.231 e. The number of carbonyl (C=O) groups is 2. The van der Waals surface area contributed by atoms with E-state index in [1.807, 2.05) is 31.2 Å². The van der Waals surface area contributed by atoms with Gasteiger partial charge in [0, 0.05) is 35.7 Å². The van der Waals surface area contributed by atoms with Gasteiger partial charge in [-0.15, -0.1) is 0 Å². The van der Waals surface area contributed by atoms with Crippen LogP contribution in [0, 0.1) is 13.8 Å². The SMILES string of the molecule is COc1cc2nc3c(c(C)c2cc1OC)CCCC3=O.Cc1c2c(nc3cc4c(cc13)OCO4)C(=O)CCC2. The van der Waals surface area contributed by atoms with Crippen molar-refractivity contribution in [2.24, 2.45) is 0 Å². The van der Waals surface area contributed by atoms with Gasteiger partial charge in [-0.05, 0) is 73.9 Å². The average molecular weight is 527 g/mol. The third-order valence-electron chi connectivity index (χ3n) is 7.93. The largest absolute Gasteiger partial charge is 0.493 e. The van der Waals surface area contributed by atoms with Crippen molar-refractivity contribution in [1.29, 1.82) is 0 Å². The lowest BCUT2D eigenvalue weighted by atomic mass is 9.89. The third-order valence-corrected chi connectivity index (χ3v) is 7.93. The van der Waals surface area contributed by atoms with Gasteiger partial charge >= 0.3 is 0 Å². The second-order valence-electron chi connectivity index (χ2n) is 10.1. The van der Waals surface area contributed by atoms with E-state index in [1.54, 1.807) is 14.2 Å². The second-order valence-corrected chi connectivity index (χ2v) is 10.1. The first-order valence-corrected chi connectivity index (χ1v) is 13.2. The zero-order chi connectivity index (χ0) is 27.3. The Balaban J connectivity index is 0.000000142. The Kier molecular flexibility index (Phi) is 6.33. The molecule has 0 amide bonds. The van der Waals surface area contributed by atoms with Gasteiger partial charge in [0.25, 0.3) is 0 Å². The van der Waals surface area contributed by atoms with Gasteiger partial charge in [-0.2, -0.15) is 0 Å². The summed E-state index contributed by atoms with van der Waals surface area (Å²) in [4.78, 5) is 33.1. The first-order chi connectivity index (χ1) is 18.9. The van der Waals surface area contributed by atoms with Gasteiger partial charge < -0.3 is 18.9 Å². The molecule has 0 saturated carbocycles. The van der Waals surface area contributed by atoms with Crippen molar-refractivity contribution in [1.82, 2.24) is 9.97 Å². The zero-order valence-electron chi connectivity index (χ0n) is 22.6. The number of aromatic nitrogens is 2. The van der Waals surface area contributed by atoms with E-state index >= 15 is 0 Å². The van der Waals surface area contributed by atoms with Crippen LogP contribution in [-0.2, 0) is 12.8 Å². The summed E-state index contributed by atoms with van der Waals surface area (Å²) < 4.78 is 21.4. The van der Waals surface area contributed by atoms with Crippen LogP contribution < -0.4 is 18.9 Å². The summed E-state index contributed by atoms with van der Waals surface area (Å²) >= 11 is 0. The van der Waals surface area contributed by atoms with Gasteiger partial charge in [-0.25, -0.2) is 9.97 Å². The van der Waals surface area contributed by atoms with Crippen LogP contribution >= 0.6 is 0 Å². The minimum Gasteiger partial charge on any atom is -0.493 e. The number of hydrogen-bond acceptors (Lipinski definition) is 8. The van der Waals surface area contributed by atoms with Crippen LogP contribution in [0.4, 0.5) is 0 Å². The number of pyridine rings is 2. The number of benzene rings is 2. The number of ketones is 2. The van der Waals surface area contributed by atoms with Crippen molar-refractivity contribution >= 4 is 33.4 Å². The van der Waals surface area contributed by atoms with E-state index < -0.39 is 0 Å². The maximum absolute atomic E-state index is 12.0. The number of rotatable bonds is 2. The average Bonchev–Trinajstić information content (AvgIpc) is 3.41. The molecular weight excluding hydrogens is 496 g/mol. The quantitative estimate of drug-likeness (QED) is 0.320. The van der Waals surface area contributed by atoms with Crippen molar-refractivity contribution in [2.75, 3.05) is 21.0 Å². The Morgan fingerprint density at radius 2 is 1.15 bits per heavy atom. The van der Waals surface area contributed by atoms with E-state index in [9.17, 15) is 9.59 Å². The normalized spacial score (nSPS) is 15.5. The maximum atomic E-state index is 12.0. The van der Waals surface area contributed by atoms with Crippen molar-refractivity contribution in [3.8, 4) is 23.0 Å². The van der Waals surface area contributed by atoms with Gasteiger partial charge in [0.15, 0.2) is 34.6 Å². The molecule has 2 aromatic carbocycles. The van der Waals surface area contributed by atoms with Gasteiger partial charge in [-0.3, -0.25) is 9.59 Å². The Morgan fingerprint density at radius 1 is 0.667 bits per heavy atom. The minimum absolute atomic E-state index is 0.144. The lowest BCUT2D eigenvalue weighted by Gasteiger charge is -2.19.